The van der Waals surface area contributed by atoms with Crippen LogP contribution in [0.15, 0.2) is 54.6 Å². The van der Waals surface area contributed by atoms with Gasteiger partial charge in [-0.2, -0.15) is 5.26 Å². The fourth-order valence-corrected chi connectivity index (χ4v) is 3.58. The van der Waals surface area contributed by atoms with E-state index in [9.17, 15) is 14.0 Å². The van der Waals surface area contributed by atoms with Crippen molar-refractivity contribution in [3.63, 3.8) is 0 Å². The number of piperazine rings is 1. The summed E-state index contributed by atoms with van der Waals surface area (Å²) < 4.78 is 14.0. The Labute approximate surface area is 176 Å². The molecule has 1 heterocycles. The molecule has 0 aliphatic carbocycles. The number of carbonyl (C=O) groups is 2. The third-order valence-electron chi connectivity index (χ3n) is 5.19. The standard InChI is InChI=1S/C23H25FN4O2/c24-20-9-4-5-10-21(20)26-15-17-27(18-16-26)22(29)11-12-23(30)28(14-6-13-25)19-7-2-1-3-8-19/h1-5,7-10H,6,11-12,14-18H2. The summed E-state index contributed by atoms with van der Waals surface area (Å²) in [5.41, 5.74) is 1.28. The quantitative estimate of drug-likeness (QED) is 0.706. The fraction of sp³-hybridized carbons (Fsp3) is 0.348. The van der Waals surface area contributed by atoms with Crippen molar-refractivity contribution in [2.75, 3.05) is 42.5 Å². The Bertz CT molecular complexity index is 905. The molecule has 0 saturated carbocycles. The molecule has 1 fully saturated rings. The Morgan fingerprint density at radius 3 is 2.30 bits per heavy atom. The highest BCUT2D eigenvalue weighted by atomic mass is 19.1. The Balaban J connectivity index is 1.52. The molecule has 0 bridgehead atoms. The van der Waals surface area contributed by atoms with Crippen LogP contribution in [0.25, 0.3) is 0 Å². The minimum absolute atomic E-state index is 0.0789. The van der Waals surface area contributed by atoms with E-state index in [4.69, 9.17) is 5.26 Å². The number of benzene rings is 2. The van der Waals surface area contributed by atoms with Gasteiger partial charge in [-0.15, -0.1) is 0 Å². The van der Waals surface area contributed by atoms with Gasteiger partial charge in [-0.05, 0) is 24.3 Å². The summed E-state index contributed by atoms with van der Waals surface area (Å²) in [6, 6.07) is 17.9. The van der Waals surface area contributed by atoms with Gasteiger partial charge in [-0.3, -0.25) is 9.59 Å². The van der Waals surface area contributed by atoms with E-state index in [0.717, 1.165) is 5.69 Å². The first-order valence-electron chi connectivity index (χ1n) is 10.1. The molecule has 0 aromatic heterocycles. The lowest BCUT2D eigenvalue weighted by molar-refractivity contribution is -0.133. The molecule has 7 heteroatoms. The maximum Gasteiger partial charge on any atom is 0.227 e. The number of hydrogen-bond donors (Lipinski definition) is 0. The first-order valence-corrected chi connectivity index (χ1v) is 10.1. The molecule has 1 saturated heterocycles. The summed E-state index contributed by atoms with van der Waals surface area (Å²) in [5, 5.41) is 8.88. The van der Waals surface area contributed by atoms with Crippen LogP contribution in [0.1, 0.15) is 19.3 Å². The smallest absolute Gasteiger partial charge is 0.227 e. The highest BCUT2D eigenvalue weighted by Crippen LogP contribution is 2.21. The van der Waals surface area contributed by atoms with Crippen molar-refractivity contribution in [2.45, 2.75) is 19.3 Å². The van der Waals surface area contributed by atoms with E-state index < -0.39 is 0 Å². The summed E-state index contributed by atoms with van der Waals surface area (Å²) in [5.74, 6) is -0.513. The maximum absolute atomic E-state index is 14.0. The van der Waals surface area contributed by atoms with Crippen molar-refractivity contribution in [3.05, 3.63) is 60.4 Å². The molecule has 2 aromatic rings. The maximum atomic E-state index is 14.0. The number of amides is 2. The van der Waals surface area contributed by atoms with Crippen LogP contribution in [0.4, 0.5) is 15.8 Å². The monoisotopic (exact) mass is 408 g/mol. The molecule has 2 amide bonds. The number of hydrogen-bond acceptors (Lipinski definition) is 4. The molecule has 1 aliphatic heterocycles. The Morgan fingerprint density at radius 2 is 1.63 bits per heavy atom. The van der Waals surface area contributed by atoms with E-state index in [1.54, 1.807) is 28.0 Å². The third-order valence-corrected chi connectivity index (χ3v) is 5.19. The molecule has 0 N–H and O–H groups in total. The molecule has 30 heavy (non-hydrogen) atoms. The van der Waals surface area contributed by atoms with Crippen molar-refractivity contribution in [1.29, 1.82) is 5.26 Å². The van der Waals surface area contributed by atoms with E-state index in [-0.39, 0.29) is 36.9 Å². The Kier molecular flexibility index (Phi) is 7.39. The van der Waals surface area contributed by atoms with Crippen LogP contribution >= 0.6 is 0 Å². The molecule has 0 radical (unpaired) electrons. The molecular formula is C23H25FN4O2. The molecular weight excluding hydrogens is 383 g/mol. The summed E-state index contributed by atoms with van der Waals surface area (Å²) in [7, 11) is 0. The van der Waals surface area contributed by atoms with Crippen molar-refractivity contribution in [2.24, 2.45) is 0 Å². The van der Waals surface area contributed by atoms with Gasteiger partial charge in [0, 0.05) is 51.3 Å². The van der Waals surface area contributed by atoms with Crippen LogP contribution in [0.2, 0.25) is 0 Å². The lowest BCUT2D eigenvalue weighted by atomic mass is 10.2. The molecule has 6 nitrogen and oxygen atoms in total. The first-order chi connectivity index (χ1) is 14.6. The number of halogens is 1. The van der Waals surface area contributed by atoms with Gasteiger partial charge < -0.3 is 14.7 Å². The number of nitrogens with zero attached hydrogens (tertiary/aromatic N) is 4. The fourth-order valence-electron chi connectivity index (χ4n) is 3.58. The van der Waals surface area contributed by atoms with Crippen LogP contribution in [0, 0.1) is 17.1 Å². The van der Waals surface area contributed by atoms with Crippen molar-refractivity contribution < 1.29 is 14.0 Å². The average Bonchev–Trinajstić information content (AvgIpc) is 2.79. The molecule has 156 valence electrons. The summed E-state index contributed by atoms with van der Waals surface area (Å²) in [4.78, 5) is 30.5. The second-order valence-electron chi connectivity index (χ2n) is 7.11. The zero-order valence-electron chi connectivity index (χ0n) is 16.8. The van der Waals surface area contributed by atoms with Gasteiger partial charge in [0.05, 0.1) is 18.2 Å². The molecule has 0 spiro atoms. The minimum atomic E-state index is -0.263. The van der Waals surface area contributed by atoms with Gasteiger partial charge in [0.15, 0.2) is 0 Å². The normalized spacial score (nSPS) is 13.6. The predicted octanol–water partition coefficient (Wildman–Crippen LogP) is 3.20. The van der Waals surface area contributed by atoms with Crippen molar-refractivity contribution in [3.8, 4) is 6.07 Å². The van der Waals surface area contributed by atoms with Crippen molar-refractivity contribution in [1.82, 2.24) is 4.90 Å². The van der Waals surface area contributed by atoms with Crippen molar-refractivity contribution >= 4 is 23.2 Å². The number of nitriles is 1. The molecule has 0 unspecified atom stereocenters. The van der Waals surface area contributed by atoms with Crippen LogP contribution < -0.4 is 9.80 Å². The topological polar surface area (TPSA) is 67.6 Å². The molecule has 2 aromatic carbocycles. The first kappa shape index (κ1) is 21.3. The van der Waals surface area contributed by atoms with E-state index in [1.165, 1.54) is 6.07 Å². The molecule has 1 aliphatic rings. The molecule has 3 rings (SSSR count). The van der Waals surface area contributed by atoms with Gasteiger partial charge in [0.2, 0.25) is 11.8 Å². The lowest BCUT2D eigenvalue weighted by Gasteiger charge is -2.36. The van der Waals surface area contributed by atoms with Crippen LogP contribution in [0.5, 0.6) is 0 Å². The number of anilines is 2. The van der Waals surface area contributed by atoms with Gasteiger partial charge in [0.25, 0.3) is 0 Å². The Morgan fingerprint density at radius 1 is 0.967 bits per heavy atom. The average molecular weight is 408 g/mol. The summed E-state index contributed by atoms with van der Waals surface area (Å²) in [6.45, 7) is 2.41. The van der Waals surface area contributed by atoms with Crippen LogP contribution in [-0.2, 0) is 9.59 Å². The zero-order valence-corrected chi connectivity index (χ0v) is 16.8. The highest BCUT2D eigenvalue weighted by molar-refractivity contribution is 5.95. The van der Waals surface area contributed by atoms with Crippen LogP contribution in [0.3, 0.4) is 0 Å². The minimum Gasteiger partial charge on any atom is -0.366 e. The van der Waals surface area contributed by atoms with E-state index >= 15 is 0 Å². The highest BCUT2D eigenvalue weighted by Gasteiger charge is 2.24. The number of para-hydroxylation sites is 2. The van der Waals surface area contributed by atoms with Gasteiger partial charge >= 0.3 is 0 Å². The predicted molar refractivity (Wildman–Crippen MR) is 113 cm³/mol. The second-order valence-corrected chi connectivity index (χ2v) is 7.11. The summed E-state index contributed by atoms with van der Waals surface area (Å²) in [6.07, 6.45) is 0.438. The number of carbonyl (C=O) groups excluding carboxylic acids is 2. The SMILES string of the molecule is N#CCCN(C(=O)CCC(=O)N1CCN(c2ccccc2F)CC1)c1ccccc1. The van der Waals surface area contributed by atoms with Gasteiger partial charge in [-0.1, -0.05) is 30.3 Å². The third kappa shape index (κ3) is 5.35. The largest absolute Gasteiger partial charge is 0.366 e. The van der Waals surface area contributed by atoms with E-state index in [0.29, 0.717) is 38.4 Å². The van der Waals surface area contributed by atoms with Crippen LogP contribution in [-0.4, -0.2) is 49.4 Å². The zero-order chi connectivity index (χ0) is 21.3. The van der Waals surface area contributed by atoms with E-state index in [1.807, 2.05) is 35.2 Å². The van der Waals surface area contributed by atoms with Gasteiger partial charge in [0.1, 0.15) is 5.82 Å². The lowest BCUT2D eigenvalue weighted by Crippen LogP contribution is -2.49. The summed E-state index contributed by atoms with van der Waals surface area (Å²) >= 11 is 0. The van der Waals surface area contributed by atoms with Gasteiger partial charge in [-0.25, -0.2) is 4.39 Å². The Hall–Kier alpha value is -3.40. The van der Waals surface area contributed by atoms with E-state index in [2.05, 4.69) is 6.07 Å². The second kappa shape index (κ2) is 10.4. The molecule has 0 atom stereocenters. The number of rotatable bonds is 7.